The van der Waals surface area contributed by atoms with Crippen molar-refractivity contribution in [2.75, 3.05) is 6.61 Å². The maximum atomic E-state index is 13.5. The molecule has 0 aliphatic heterocycles. The average Bonchev–Trinajstić information content (AvgIpc) is 2.83. The van der Waals surface area contributed by atoms with E-state index in [9.17, 15) is 9.18 Å². The van der Waals surface area contributed by atoms with Crippen LogP contribution in [0.5, 0.6) is 11.5 Å². The van der Waals surface area contributed by atoms with Gasteiger partial charge < -0.3 is 9.47 Å². The molecular weight excluding hydrogens is 549 g/mol. The van der Waals surface area contributed by atoms with Gasteiger partial charge >= 0.3 is 0 Å². The molecule has 0 aliphatic rings. The summed E-state index contributed by atoms with van der Waals surface area (Å²) < 4.78 is 27.2. The SMILES string of the molecule is CCOc1cc(C=Nn2c(C(C)C)nc3ccc(Br)cc3c2=O)cc(Cl)c1OCc1cccc(F)c1. The van der Waals surface area contributed by atoms with Crippen LogP contribution in [-0.2, 0) is 6.61 Å². The monoisotopic (exact) mass is 571 g/mol. The molecule has 4 rings (SSSR count). The van der Waals surface area contributed by atoms with Crippen LogP contribution in [0.3, 0.4) is 0 Å². The van der Waals surface area contributed by atoms with Crippen LogP contribution in [0.4, 0.5) is 4.39 Å². The van der Waals surface area contributed by atoms with Gasteiger partial charge in [0, 0.05) is 10.4 Å². The molecule has 1 heterocycles. The molecular formula is C27H24BrClFN3O3. The van der Waals surface area contributed by atoms with Crippen LogP contribution in [0.25, 0.3) is 10.9 Å². The number of fused-ring (bicyclic) bond motifs is 1. The highest BCUT2D eigenvalue weighted by molar-refractivity contribution is 9.10. The summed E-state index contributed by atoms with van der Waals surface area (Å²) in [5.41, 5.74) is 1.61. The molecule has 36 heavy (non-hydrogen) atoms. The zero-order valence-electron chi connectivity index (χ0n) is 20.0. The minimum atomic E-state index is -0.342. The first kappa shape index (κ1) is 25.9. The Hall–Kier alpha value is -3.23. The fraction of sp³-hybridized carbons (Fsp3) is 0.222. The maximum absolute atomic E-state index is 13.5. The van der Waals surface area contributed by atoms with Gasteiger partial charge in [0.15, 0.2) is 11.5 Å². The van der Waals surface area contributed by atoms with Gasteiger partial charge in [0.25, 0.3) is 5.56 Å². The van der Waals surface area contributed by atoms with E-state index in [-0.39, 0.29) is 23.9 Å². The molecule has 0 saturated heterocycles. The zero-order chi connectivity index (χ0) is 25.8. The molecule has 0 saturated carbocycles. The second-order valence-electron chi connectivity index (χ2n) is 8.33. The van der Waals surface area contributed by atoms with Crippen molar-refractivity contribution in [1.82, 2.24) is 9.66 Å². The molecule has 0 radical (unpaired) electrons. The first-order chi connectivity index (χ1) is 17.3. The summed E-state index contributed by atoms with van der Waals surface area (Å²) in [4.78, 5) is 17.9. The molecule has 1 aromatic heterocycles. The van der Waals surface area contributed by atoms with Crippen molar-refractivity contribution in [3.8, 4) is 11.5 Å². The van der Waals surface area contributed by atoms with Crippen LogP contribution in [0.1, 0.15) is 43.6 Å². The van der Waals surface area contributed by atoms with Crippen LogP contribution < -0.4 is 15.0 Å². The minimum Gasteiger partial charge on any atom is -0.490 e. The highest BCUT2D eigenvalue weighted by atomic mass is 79.9. The van der Waals surface area contributed by atoms with E-state index >= 15 is 0 Å². The van der Waals surface area contributed by atoms with Gasteiger partial charge in [-0.1, -0.05) is 53.5 Å². The molecule has 0 amide bonds. The molecule has 0 bridgehead atoms. The van der Waals surface area contributed by atoms with Crippen LogP contribution in [0, 0.1) is 5.82 Å². The van der Waals surface area contributed by atoms with Gasteiger partial charge in [0.05, 0.1) is 28.7 Å². The van der Waals surface area contributed by atoms with Crippen molar-refractivity contribution >= 4 is 44.6 Å². The Morgan fingerprint density at radius 3 is 2.69 bits per heavy atom. The van der Waals surface area contributed by atoms with Gasteiger partial charge in [-0.25, -0.2) is 9.37 Å². The highest BCUT2D eigenvalue weighted by Gasteiger charge is 2.15. The summed E-state index contributed by atoms with van der Waals surface area (Å²) in [6.45, 7) is 6.25. The number of halogens is 3. The summed E-state index contributed by atoms with van der Waals surface area (Å²) in [5.74, 6) is 0.920. The van der Waals surface area contributed by atoms with E-state index in [2.05, 4.69) is 26.0 Å². The van der Waals surface area contributed by atoms with E-state index in [1.165, 1.54) is 23.0 Å². The van der Waals surface area contributed by atoms with E-state index in [4.69, 9.17) is 21.1 Å². The van der Waals surface area contributed by atoms with Crippen molar-refractivity contribution in [2.45, 2.75) is 33.3 Å². The Kier molecular flexibility index (Phi) is 8.06. The lowest BCUT2D eigenvalue weighted by atomic mass is 10.2. The molecule has 0 N–H and O–H groups in total. The molecule has 0 fully saturated rings. The van der Waals surface area contributed by atoms with Gasteiger partial charge in [0.1, 0.15) is 18.2 Å². The van der Waals surface area contributed by atoms with Crippen molar-refractivity contribution in [3.63, 3.8) is 0 Å². The fourth-order valence-electron chi connectivity index (χ4n) is 3.62. The van der Waals surface area contributed by atoms with Crippen molar-refractivity contribution < 1.29 is 13.9 Å². The third-order valence-corrected chi connectivity index (χ3v) is 6.05. The lowest BCUT2D eigenvalue weighted by molar-refractivity contribution is 0.269. The number of ether oxygens (including phenoxy) is 2. The normalized spacial score (nSPS) is 11.5. The van der Waals surface area contributed by atoms with Gasteiger partial charge in [-0.05, 0) is 60.5 Å². The molecule has 0 unspecified atom stereocenters. The second-order valence-corrected chi connectivity index (χ2v) is 9.65. The van der Waals surface area contributed by atoms with E-state index in [0.717, 1.165) is 4.47 Å². The predicted octanol–water partition coefficient (Wildman–Crippen LogP) is 6.93. The standard InChI is InChI=1S/C27H24BrClFN3O3/c1-4-35-24-12-18(11-22(29)25(24)36-15-17-6-5-7-20(30)10-17)14-31-33-26(16(2)3)32-23-9-8-19(28)13-21(23)27(33)34/h5-14,16H,4,15H2,1-3H3. The Balaban J connectivity index is 1.70. The third kappa shape index (κ3) is 5.77. The topological polar surface area (TPSA) is 65.7 Å². The number of aromatic nitrogens is 2. The largest absolute Gasteiger partial charge is 0.490 e. The van der Waals surface area contributed by atoms with Gasteiger partial charge in [-0.2, -0.15) is 9.78 Å². The van der Waals surface area contributed by atoms with E-state index < -0.39 is 0 Å². The highest BCUT2D eigenvalue weighted by Crippen LogP contribution is 2.37. The Bertz CT molecular complexity index is 1500. The number of hydrogen-bond acceptors (Lipinski definition) is 5. The van der Waals surface area contributed by atoms with Gasteiger partial charge in [-0.15, -0.1) is 0 Å². The number of benzene rings is 3. The van der Waals surface area contributed by atoms with E-state index in [0.29, 0.717) is 51.0 Å². The van der Waals surface area contributed by atoms with Crippen LogP contribution >= 0.6 is 27.5 Å². The zero-order valence-corrected chi connectivity index (χ0v) is 22.3. The Morgan fingerprint density at radius 2 is 1.97 bits per heavy atom. The Morgan fingerprint density at radius 1 is 1.17 bits per heavy atom. The third-order valence-electron chi connectivity index (χ3n) is 5.28. The number of rotatable bonds is 8. The molecule has 186 valence electrons. The quantitative estimate of drug-likeness (QED) is 0.215. The van der Waals surface area contributed by atoms with E-state index in [1.54, 1.807) is 36.4 Å². The smallest absolute Gasteiger partial charge is 0.282 e. The minimum absolute atomic E-state index is 0.0379. The first-order valence-corrected chi connectivity index (χ1v) is 12.5. The maximum Gasteiger partial charge on any atom is 0.282 e. The summed E-state index contributed by atoms with van der Waals surface area (Å²) in [5, 5.41) is 5.22. The molecule has 3 aromatic carbocycles. The van der Waals surface area contributed by atoms with Crippen LogP contribution in [0.15, 0.2) is 69.0 Å². The van der Waals surface area contributed by atoms with E-state index in [1.807, 2.05) is 26.8 Å². The summed E-state index contributed by atoms with van der Waals surface area (Å²) in [6.07, 6.45) is 1.53. The molecule has 0 atom stereocenters. The average molecular weight is 573 g/mol. The molecule has 0 aliphatic carbocycles. The Labute approximate surface area is 221 Å². The summed E-state index contributed by atoms with van der Waals surface area (Å²) >= 11 is 9.94. The van der Waals surface area contributed by atoms with Crippen LogP contribution in [-0.4, -0.2) is 22.5 Å². The fourth-order valence-corrected chi connectivity index (χ4v) is 4.26. The first-order valence-electron chi connectivity index (χ1n) is 11.4. The molecule has 9 heteroatoms. The second kappa shape index (κ2) is 11.2. The van der Waals surface area contributed by atoms with Crippen molar-refractivity contribution in [1.29, 1.82) is 0 Å². The predicted molar refractivity (Wildman–Crippen MR) is 144 cm³/mol. The molecule has 6 nitrogen and oxygen atoms in total. The summed E-state index contributed by atoms with van der Waals surface area (Å²) in [7, 11) is 0. The van der Waals surface area contributed by atoms with Crippen LogP contribution in [0.2, 0.25) is 5.02 Å². The van der Waals surface area contributed by atoms with Gasteiger partial charge in [-0.3, -0.25) is 4.79 Å². The summed E-state index contributed by atoms with van der Waals surface area (Å²) in [6, 6.07) is 14.9. The number of nitrogens with zero attached hydrogens (tertiary/aromatic N) is 3. The number of hydrogen-bond donors (Lipinski definition) is 0. The van der Waals surface area contributed by atoms with Crippen molar-refractivity contribution in [3.05, 3.63) is 97.2 Å². The van der Waals surface area contributed by atoms with Crippen molar-refractivity contribution in [2.24, 2.45) is 5.10 Å². The molecule has 0 spiro atoms. The van der Waals surface area contributed by atoms with Gasteiger partial charge in [0.2, 0.25) is 0 Å². The lowest BCUT2D eigenvalue weighted by Crippen LogP contribution is -2.23. The lowest BCUT2D eigenvalue weighted by Gasteiger charge is -2.15. The molecule has 4 aromatic rings.